The molecule has 0 spiro atoms. The minimum absolute atomic E-state index is 0.161. The summed E-state index contributed by atoms with van der Waals surface area (Å²) in [6.45, 7) is 1.92. The number of alkyl halides is 3. The molecule has 1 aliphatic heterocycles. The molecule has 0 aromatic heterocycles. The number of nitrogens with one attached hydrogen (secondary N) is 1. The van der Waals surface area contributed by atoms with Crippen molar-refractivity contribution < 1.29 is 18.0 Å². The zero-order chi connectivity index (χ0) is 14.6. The molecule has 0 aliphatic carbocycles. The summed E-state index contributed by atoms with van der Waals surface area (Å²) in [6.07, 6.45) is -1.24. The van der Waals surface area contributed by atoms with Gasteiger partial charge in [-0.15, -0.1) is 0 Å². The monoisotopic (exact) mass is 285 g/mol. The van der Waals surface area contributed by atoms with E-state index in [9.17, 15) is 18.0 Å². The average Bonchev–Trinajstić information content (AvgIpc) is 2.45. The van der Waals surface area contributed by atoms with Gasteiger partial charge in [0.2, 0.25) is 0 Å². The van der Waals surface area contributed by atoms with Gasteiger partial charge >= 0.3 is 6.18 Å². The van der Waals surface area contributed by atoms with E-state index in [1.165, 1.54) is 12.1 Å². The van der Waals surface area contributed by atoms with E-state index < -0.39 is 11.7 Å². The third kappa shape index (κ3) is 4.07. The summed E-state index contributed by atoms with van der Waals surface area (Å²) in [6, 6.07) is 4.69. The van der Waals surface area contributed by atoms with Crippen LogP contribution >= 0.6 is 0 Å². The van der Waals surface area contributed by atoms with Gasteiger partial charge in [-0.05, 0) is 50.4 Å². The molecule has 1 aromatic rings. The molecule has 0 radical (unpaired) electrons. The van der Waals surface area contributed by atoms with Crippen LogP contribution in [0, 0.1) is 5.92 Å². The van der Waals surface area contributed by atoms with Crippen molar-refractivity contribution in [2.45, 2.75) is 31.9 Å². The molecule has 1 N–H and O–H groups in total. The SMILES string of the molecule is O=C(CCC1CCNCC1)c1cccc(C(F)(F)F)c1. The van der Waals surface area contributed by atoms with Crippen LogP contribution in [0.4, 0.5) is 13.2 Å². The zero-order valence-electron chi connectivity index (χ0n) is 11.2. The maximum atomic E-state index is 12.6. The van der Waals surface area contributed by atoms with Gasteiger partial charge in [0.1, 0.15) is 0 Å². The number of carbonyl (C=O) groups is 1. The van der Waals surface area contributed by atoms with Crippen LogP contribution in [0.5, 0.6) is 0 Å². The number of hydrogen-bond acceptors (Lipinski definition) is 2. The number of ketones is 1. The summed E-state index contributed by atoms with van der Waals surface area (Å²) in [5.41, 5.74) is -0.598. The van der Waals surface area contributed by atoms with Gasteiger partial charge in [-0.25, -0.2) is 0 Å². The Kier molecular flexibility index (Phi) is 4.81. The summed E-state index contributed by atoms with van der Waals surface area (Å²) in [7, 11) is 0. The second kappa shape index (κ2) is 6.39. The number of halogens is 3. The topological polar surface area (TPSA) is 29.1 Å². The Balaban J connectivity index is 1.95. The van der Waals surface area contributed by atoms with Crippen LogP contribution < -0.4 is 5.32 Å². The first-order valence-electron chi connectivity index (χ1n) is 6.88. The molecule has 1 saturated heterocycles. The molecule has 0 saturated carbocycles. The first kappa shape index (κ1) is 15.0. The number of hydrogen-bond donors (Lipinski definition) is 1. The lowest BCUT2D eigenvalue weighted by Crippen LogP contribution is -2.28. The number of rotatable bonds is 4. The summed E-state index contributed by atoms with van der Waals surface area (Å²) in [4.78, 5) is 12.0. The largest absolute Gasteiger partial charge is 0.416 e. The van der Waals surface area contributed by atoms with Crippen molar-refractivity contribution in [3.8, 4) is 0 Å². The fraction of sp³-hybridized carbons (Fsp3) is 0.533. The predicted molar refractivity (Wildman–Crippen MR) is 70.6 cm³/mol. The molecule has 1 aromatic carbocycles. The molecule has 2 rings (SSSR count). The fourth-order valence-corrected chi connectivity index (χ4v) is 2.52. The molecule has 110 valence electrons. The van der Waals surface area contributed by atoms with E-state index in [1.807, 2.05) is 0 Å². The van der Waals surface area contributed by atoms with Crippen LogP contribution in [0.25, 0.3) is 0 Å². The molecule has 2 nitrogen and oxygen atoms in total. The van der Waals surface area contributed by atoms with Crippen molar-refractivity contribution in [3.05, 3.63) is 35.4 Å². The minimum atomic E-state index is -4.40. The van der Waals surface area contributed by atoms with E-state index in [-0.39, 0.29) is 11.3 Å². The summed E-state index contributed by atoms with van der Waals surface area (Å²) < 4.78 is 37.8. The summed E-state index contributed by atoms with van der Waals surface area (Å²) in [5, 5.41) is 3.25. The highest BCUT2D eigenvalue weighted by Crippen LogP contribution is 2.30. The van der Waals surface area contributed by atoms with Gasteiger partial charge in [-0.3, -0.25) is 4.79 Å². The number of Topliss-reactive ketones (excluding diaryl/α,β-unsaturated/α-hetero) is 1. The lowest BCUT2D eigenvalue weighted by Gasteiger charge is -2.22. The third-order valence-corrected chi connectivity index (χ3v) is 3.75. The molecule has 1 aliphatic rings. The first-order chi connectivity index (χ1) is 9.47. The molecule has 0 unspecified atom stereocenters. The molecule has 20 heavy (non-hydrogen) atoms. The lowest BCUT2D eigenvalue weighted by molar-refractivity contribution is -0.137. The van der Waals surface area contributed by atoms with Crippen LogP contribution in [0.2, 0.25) is 0 Å². The second-order valence-corrected chi connectivity index (χ2v) is 5.23. The third-order valence-electron chi connectivity index (χ3n) is 3.75. The second-order valence-electron chi connectivity index (χ2n) is 5.23. The van der Waals surface area contributed by atoms with Crippen molar-refractivity contribution in [3.63, 3.8) is 0 Å². The van der Waals surface area contributed by atoms with Gasteiger partial charge in [-0.2, -0.15) is 13.2 Å². The van der Waals surface area contributed by atoms with Gasteiger partial charge in [0.05, 0.1) is 5.56 Å². The molecular weight excluding hydrogens is 267 g/mol. The Morgan fingerprint density at radius 3 is 2.60 bits per heavy atom. The molecular formula is C15H18F3NO. The predicted octanol–water partition coefficient (Wildman–Crippen LogP) is 3.67. The van der Waals surface area contributed by atoms with Crippen LogP contribution in [0.3, 0.4) is 0 Å². The molecule has 5 heteroatoms. The van der Waals surface area contributed by atoms with E-state index in [0.29, 0.717) is 12.3 Å². The van der Waals surface area contributed by atoms with Gasteiger partial charge in [0.15, 0.2) is 5.78 Å². The normalized spacial score (nSPS) is 17.1. The number of piperidine rings is 1. The highest BCUT2D eigenvalue weighted by Gasteiger charge is 2.30. The first-order valence-corrected chi connectivity index (χ1v) is 6.88. The van der Waals surface area contributed by atoms with Crippen LogP contribution in [0.15, 0.2) is 24.3 Å². The van der Waals surface area contributed by atoms with Gasteiger partial charge in [-0.1, -0.05) is 12.1 Å². The van der Waals surface area contributed by atoms with Crippen LogP contribution in [-0.4, -0.2) is 18.9 Å². The molecule has 1 heterocycles. The summed E-state index contributed by atoms with van der Waals surface area (Å²) in [5.74, 6) is 0.306. The molecule has 0 bridgehead atoms. The van der Waals surface area contributed by atoms with Gasteiger partial charge in [0, 0.05) is 12.0 Å². The number of benzene rings is 1. The summed E-state index contributed by atoms with van der Waals surface area (Å²) >= 11 is 0. The Labute approximate surface area is 116 Å². The van der Waals surface area contributed by atoms with Crippen molar-refractivity contribution in [1.82, 2.24) is 5.32 Å². The van der Waals surface area contributed by atoms with Crippen molar-refractivity contribution in [2.24, 2.45) is 5.92 Å². The average molecular weight is 285 g/mol. The van der Waals surface area contributed by atoms with E-state index in [1.54, 1.807) is 0 Å². The lowest BCUT2D eigenvalue weighted by atomic mass is 9.91. The maximum Gasteiger partial charge on any atom is 0.416 e. The highest BCUT2D eigenvalue weighted by molar-refractivity contribution is 5.96. The van der Waals surface area contributed by atoms with Crippen LogP contribution in [-0.2, 0) is 6.18 Å². The standard InChI is InChI=1S/C15H18F3NO/c16-15(17,18)13-3-1-2-12(10-13)14(20)5-4-11-6-8-19-9-7-11/h1-3,10-11,19H,4-9H2. The molecule has 0 atom stereocenters. The van der Waals surface area contributed by atoms with Crippen molar-refractivity contribution in [1.29, 1.82) is 0 Å². The van der Waals surface area contributed by atoms with E-state index in [0.717, 1.165) is 44.5 Å². The number of carbonyl (C=O) groups excluding carboxylic acids is 1. The maximum absolute atomic E-state index is 12.6. The van der Waals surface area contributed by atoms with E-state index >= 15 is 0 Å². The molecule has 1 fully saturated rings. The Morgan fingerprint density at radius 2 is 1.95 bits per heavy atom. The smallest absolute Gasteiger partial charge is 0.317 e. The van der Waals surface area contributed by atoms with Crippen molar-refractivity contribution in [2.75, 3.05) is 13.1 Å². The highest BCUT2D eigenvalue weighted by atomic mass is 19.4. The Bertz CT molecular complexity index is 464. The fourth-order valence-electron chi connectivity index (χ4n) is 2.52. The Morgan fingerprint density at radius 1 is 1.25 bits per heavy atom. The molecule has 0 amide bonds. The van der Waals surface area contributed by atoms with Crippen molar-refractivity contribution >= 4 is 5.78 Å². The van der Waals surface area contributed by atoms with E-state index in [2.05, 4.69) is 5.32 Å². The minimum Gasteiger partial charge on any atom is -0.317 e. The van der Waals surface area contributed by atoms with Gasteiger partial charge < -0.3 is 5.32 Å². The van der Waals surface area contributed by atoms with Crippen LogP contribution in [0.1, 0.15) is 41.6 Å². The Hall–Kier alpha value is -1.36. The quantitative estimate of drug-likeness (QED) is 0.855. The zero-order valence-corrected chi connectivity index (χ0v) is 11.2. The van der Waals surface area contributed by atoms with Gasteiger partial charge in [0.25, 0.3) is 0 Å². The van der Waals surface area contributed by atoms with E-state index in [4.69, 9.17) is 0 Å².